The van der Waals surface area contributed by atoms with Gasteiger partial charge in [-0.25, -0.2) is 9.78 Å². The summed E-state index contributed by atoms with van der Waals surface area (Å²) in [5, 5.41) is 22.1. The molecular formula is C28H25N5O6S2. The number of aliphatic hydroxyl groups is 1. The van der Waals surface area contributed by atoms with E-state index in [-0.39, 0.29) is 35.9 Å². The number of benzene rings is 1. The molecule has 1 fully saturated rings. The molecule has 3 aromatic heterocycles. The van der Waals surface area contributed by atoms with Crippen LogP contribution in [0.4, 0.5) is 5.69 Å². The third-order valence-electron chi connectivity index (χ3n) is 7.41. The summed E-state index contributed by atoms with van der Waals surface area (Å²) in [5.74, 6) is -1.16. The van der Waals surface area contributed by atoms with Gasteiger partial charge in [-0.2, -0.15) is 0 Å². The van der Waals surface area contributed by atoms with Crippen LogP contribution in [0.25, 0.3) is 10.4 Å². The first-order valence-corrected chi connectivity index (χ1v) is 14.7. The summed E-state index contributed by atoms with van der Waals surface area (Å²) in [4.78, 5) is 49.2. The number of nitro benzene ring substituents is 1. The van der Waals surface area contributed by atoms with Crippen LogP contribution in [0.1, 0.15) is 30.0 Å². The van der Waals surface area contributed by atoms with Crippen molar-refractivity contribution in [2.75, 3.05) is 0 Å². The number of hydrogen-bond donors (Lipinski definition) is 1. The van der Waals surface area contributed by atoms with E-state index in [1.807, 2.05) is 35.7 Å². The van der Waals surface area contributed by atoms with E-state index >= 15 is 0 Å². The second-order valence-electron chi connectivity index (χ2n) is 9.98. The molecule has 0 radical (unpaired) electrons. The number of thioether (sulfide) groups is 1. The third-order valence-corrected chi connectivity index (χ3v) is 9.69. The minimum atomic E-state index is -0.860. The van der Waals surface area contributed by atoms with E-state index in [0.29, 0.717) is 16.9 Å². The van der Waals surface area contributed by atoms with Crippen molar-refractivity contribution >= 4 is 51.1 Å². The van der Waals surface area contributed by atoms with Crippen molar-refractivity contribution in [3.63, 3.8) is 0 Å². The van der Waals surface area contributed by atoms with Crippen LogP contribution in [0.5, 0.6) is 0 Å². The Hall–Kier alpha value is -4.07. The highest BCUT2D eigenvalue weighted by molar-refractivity contribution is 7.98. The van der Waals surface area contributed by atoms with Crippen LogP contribution in [0.3, 0.4) is 0 Å². The number of amides is 1. The van der Waals surface area contributed by atoms with Crippen LogP contribution in [0.2, 0.25) is 0 Å². The summed E-state index contributed by atoms with van der Waals surface area (Å²) in [6.45, 7) is 3.43. The summed E-state index contributed by atoms with van der Waals surface area (Å²) < 4.78 is 7.53. The molecule has 5 heterocycles. The standard InChI is InChI=1S/C28H25N5O6S2/c1-15-21(20-11-31-14-30-25(27(31)41-20)40-13-18-5-3-4-10-29-18)24(32-23(15)22(16(2)34)26(32)35)28(36)39-12-17-6-8-19(9-7-17)33(37)38/h3-11,14-16,22-23,34H,12-13H2,1-2H3/t15-,16+,22+,23+/m0/s1. The van der Waals surface area contributed by atoms with Crippen molar-refractivity contribution in [3.8, 4) is 0 Å². The highest BCUT2D eigenvalue weighted by atomic mass is 32.2. The van der Waals surface area contributed by atoms with Gasteiger partial charge in [-0.1, -0.05) is 24.8 Å². The van der Waals surface area contributed by atoms with Crippen molar-refractivity contribution in [1.82, 2.24) is 19.3 Å². The Balaban J connectivity index is 1.31. The second kappa shape index (κ2) is 10.7. The number of pyridine rings is 1. The number of fused-ring (bicyclic) bond motifs is 2. The molecule has 4 aromatic rings. The molecule has 4 atom stereocenters. The maximum Gasteiger partial charge on any atom is 0.355 e. The van der Waals surface area contributed by atoms with Crippen molar-refractivity contribution in [2.24, 2.45) is 11.8 Å². The van der Waals surface area contributed by atoms with Gasteiger partial charge in [0, 0.05) is 41.8 Å². The SMILES string of the molecule is C[C@@H](O)[C@H]1C(=O)N2C(C(=O)OCc3ccc([N+](=O)[O-])cc3)=C(c3cn4cnc(SCc5ccccn5)c4s3)[C@H](C)[C@H]12. The van der Waals surface area contributed by atoms with E-state index in [0.717, 1.165) is 20.4 Å². The van der Waals surface area contributed by atoms with Crippen LogP contribution in [0, 0.1) is 22.0 Å². The Morgan fingerprint density at radius 3 is 2.71 bits per heavy atom. The zero-order valence-electron chi connectivity index (χ0n) is 22.0. The Morgan fingerprint density at radius 1 is 1.24 bits per heavy atom. The van der Waals surface area contributed by atoms with E-state index in [1.165, 1.54) is 40.5 Å². The van der Waals surface area contributed by atoms with Crippen molar-refractivity contribution in [2.45, 2.75) is 43.4 Å². The number of esters is 1. The summed E-state index contributed by atoms with van der Waals surface area (Å²) in [7, 11) is 0. The van der Waals surface area contributed by atoms with E-state index in [9.17, 15) is 24.8 Å². The average molecular weight is 592 g/mol. The van der Waals surface area contributed by atoms with Gasteiger partial charge in [-0.15, -0.1) is 11.3 Å². The predicted octanol–water partition coefficient (Wildman–Crippen LogP) is 4.30. The second-order valence-corrected chi connectivity index (χ2v) is 12.0. The fourth-order valence-electron chi connectivity index (χ4n) is 5.44. The van der Waals surface area contributed by atoms with E-state index in [1.54, 1.807) is 31.2 Å². The fourth-order valence-corrected chi connectivity index (χ4v) is 7.66. The lowest BCUT2D eigenvalue weighted by Crippen LogP contribution is -2.63. The van der Waals surface area contributed by atoms with Crippen LogP contribution in [-0.4, -0.2) is 53.3 Å². The Bertz CT molecular complexity index is 1680. The summed E-state index contributed by atoms with van der Waals surface area (Å²) in [5.41, 5.74) is 2.32. The summed E-state index contributed by atoms with van der Waals surface area (Å²) in [6.07, 6.45) is 4.52. The highest BCUT2D eigenvalue weighted by Gasteiger charge is 2.60. The molecule has 11 nitrogen and oxygen atoms in total. The Morgan fingerprint density at radius 2 is 2.02 bits per heavy atom. The zero-order valence-corrected chi connectivity index (χ0v) is 23.7. The number of hydrogen-bond acceptors (Lipinski definition) is 10. The molecule has 0 saturated carbocycles. The number of imidazole rings is 1. The maximum absolute atomic E-state index is 13.5. The lowest BCUT2D eigenvalue weighted by Gasteiger charge is -2.46. The molecular weight excluding hydrogens is 566 g/mol. The molecule has 1 aromatic carbocycles. The van der Waals surface area contributed by atoms with Gasteiger partial charge in [0.15, 0.2) is 0 Å². The average Bonchev–Trinajstić information content (AvgIpc) is 3.61. The Labute approximate surface area is 242 Å². The molecule has 2 aliphatic rings. The van der Waals surface area contributed by atoms with Gasteiger partial charge in [-0.05, 0) is 36.8 Å². The molecule has 1 saturated heterocycles. The van der Waals surface area contributed by atoms with Gasteiger partial charge in [-0.3, -0.25) is 24.3 Å². The molecule has 0 unspecified atom stereocenters. The minimum Gasteiger partial charge on any atom is -0.456 e. The largest absolute Gasteiger partial charge is 0.456 e. The minimum absolute atomic E-state index is 0.0611. The number of ether oxygens (including phenoxy) is 1. The summed E-state index contributed by atoms with van der Waals surface area (Å²) in [6, 6.07) is 11.2. The van der Waals surface area contributed by atoms with Gasteiger partial charge >= 0.3 is 5.97 Å². The molecule has 0 spiro atoms. The summed E-state index contributed by atoms with van der Waals surface area (Å²) >= 11 is 3.05. The molecule has 1 N–H and O–H groups in total. The molecule has 13 heteroatoms. The number of β-lactam (4-membered cyclic amide) rings is 1. The van der Waals surface area contributed by atoms with E-state index < -0.39 is 22.9 Å². The van der Waals surface area contributed by atoms with Crippen molar-refractivity contribution < 1.29 is 24.4 Å². The van der Waals surface area contributed by atoms with Crippen LogP contribution < -0.4 is 0 Å². The number of carbonyl (C=O) groups excluding carboxylic acids is 2. The normalized spacial score (nSPS) is 20.7. The molecule has 2 aliphatic heterocycles. The number of rotatable bonds is 9. The first-order valence-electron chi connectivity index (χ1n) is 12.9. The Kier molecular flexibility index (Phi) is 7.09. The molecule has 1 amide bonds. The lowest BCUT2D eigenvalue weighted by atomic mass is 9.77. The van der Waals surface area contributed by atoms with Gasteiger partial charge in [0.1, 0.15) is 28.5 Å². The molecule has 0 aliphatic carbocycles. The van der Waals surface area contributed by atoms with Gasteiger partial charge in [0.05, 0.1) is 33.6 Å². The molecule has 0 bridgehead atoms. The maximum atomic E-state index is 13.5. The van der Waals surface area contributed by atoms with Gasteiger partial charge in [0.25, 0.3) is 5.69 Å². The number of aromatic nitrogens is 3. The smallest absolute Gasteiger partial charge is 0.355 e. The topological polar surface area (TPSA) is 140 Å². The number of nitro groups is 1. The molecule has 41 heavy (non-hydrogen) atoms. The van der Waals surface area contributed by atoms with Crippen LogP contribution >= 0.6 is 23.1 Å². The quantitative estimate of drug-likeness (QED) is 0.0992. The number of carbonyl (C=O) groups is 2. The van der Waals surface area contributed by atoms with E-state index in [4.69, 9.17) is 4.74 Å². The third kappa shape index (κ3) is 4.79. The highest BCUT2D eigenvalue weighted by Crippen LogP contribution is 2.52. The van der Waals surface area contributed by atoms with Gasteiger partial charge in [0.2, 0.25) is 5.91 Å². The monoisotopic (exact) mass is 591 g/mol. The predicted molar refractivity (Wildman–Crippen MR) is 152 cm³/mol. The first kappa shape index (κ1) is 27.1. The first-order chi connectivity index (χ1) is 19.7. The number of aliphatic hydroxyl groups excluding tert-OH is 1. The number of nitrogens with zero attached hydrogens (tertiary/aromatic N) is 5. The number of non-ortho nitro benzene ring substituents is 1. The van der Waals surface area contributed by atoms with Crippen molar-refractivity contribution in [1.29, 1.82) is 0 Å². The number of thiazole rings is 1. The zero-order chi connectivity index (χ0) is 28.8. The molecule has 210 valence electrons. The van der Waals surface area contributed by atoms with Gasteiger partial charge < -0.3 is 14.7 Å². The lowest BCUT2D eigenvalue weighted by molar-refractivity contribution is -0.384. The molecule has 6 rings (SSSR count). The van der Waals surface area contributed by atoms with E-state index in [2.05, 4.69) is 9.97 Å². The van der Waals surface area contributed by atoms with Crippen molar-refractivity contribution in [3.05, 3.63) is 93.1 Å². The fraction of sp³-hybridized carbons (Fsp3) is 0.286. The van der Waals surface area contributed by atoms with Crippen LogP contribution in [-0.2, 0) is 26.7 Å². The van der Waals surface area contributed by atoms with Crippen LogP contribution in [0.15, 0.2) is 71.9 Å².